The molecule has 0 unspecified atom stereocenters. The zero-order valence-electron chi connectivity index (χ0n) is 13.5. The van der Waals surface area contributed by atoms with Gasteiger partial charge in [-0.25, -0.2) is 4.98 Å². The van der Waals surface area contributed by atoms with Crippen LogP contribution in [0, 0.1) is 0 Å². The molecule has 0 aliphatic carbocycles. The maximum Gasteiger partial charge on any atom is 0.258 e. The van der Waals surface area contributed by atoms with Gasteiger partial charge in [0, 0.05) is 22.5 Å². The number of hydrogen-bond donors (Lipinski definition) is 1. The molecule has 0 saturated carbocycles. The molecular formula is C19H15N3O2S. The highest BCUT2D eigenvalue weighted by Crippen LogP contribution is 2.26. The first kappa shape index (κ1) is 15.5. The standard InChI is InChI=1S/C19H15N3O2S/c1-22(19(24)14-11-25-16-9-5-3-6-12(14)16)10-17-20-15-8-4-2-7-13(15)18(23)21-17/h2-9,11H,10H2,1H3,(H,20,21,23). The summed E-state index contributed by atoms with van der Waals surface area (Å²) in [6.07, 6.45) is 0. The molecule has 2 heterocycles. The molecule has 1 N–H and O–H groups in total. The lowest BCUT2D eigenvalue weighted by molar-refractivity contribution is 0.0784. The maximum absolute atomic E-state index is 12.8. The van der Waals surface area contributed by atoms with Gasteiger partial charge in [0.05, 0.1) is 23.0 Å². The van der Waals surface area contributed by atoms with Crippen LogP contribution < -0.4 is 5.56 Å². The molecule has 0 fully saturated rings. The van der Waals surface area contributed by atoms with Crippen molar-refractivity contribution in [3.63, 3.8) is 0 Å². The van der Waals surface area contributed by atoms with Crippen molar-refractivity contribution in [1.29, 1.82) is 0 Å². The molecule has 6 heteroatoms. The number of carbonyl (C=O) groups excluding carboxylic acids is 1. The molecule has 0 bridgehead atoms. The van der Waals surface area contributed by atoms with Gasteiger partial charge in [-0.3, -0.25) is 9.59 Å². The Bertz CT molecular complexity index is 1150. The van der Waals surface area contributed by atoms with E-state index in [1.54, 1.807) is 41.5 Å². The van der Waals surface area contributed by atoms with Crippen molar-refractivity contribution < 1.29 is 4.79 Å². The Morgan fingerprint density at radius 2 is 1.84 bits per heavy atom. The van der Waals surface area contributed by atoms with Gasteiger partial charge >= 0.3 is 0 Å². The molecule has 4 rings (SSSR count). The van der Waals surface area contributed by atoms with E-state index in [0.29, 0.717) is 22.3 Å². The maximum atomic E-state index is 12.8. The zero-order chi connectivity index (χ0) is 17.4. The quantitative estimate of drug-likeness (QED) is 0.616. The van der Waals surface area contributed by atoms with Crippen LogP contribution in [-0.4, -0.2) is 27.8 Å². The van der Waals surface area contributed by atoms with Gasteiger partial charge in [0.2, 0.25) is 0 Å². The highest BCUT2D eigenvalue weighted by atomic mass is 32.1. The van der Waals surface area contributed by atoms with Gasteiger partial charge in [-0.2, -0.15) is 0 Å². The van der Waals surface area contributed by atoms with Crippen LogP contribution in [0.1, 0.15) is 16.2 Å². The van der Waals surface area contributed by atoms with Crippen molar-refractivity contribution in [2.75, 3.05) is 7.05 Å². The second-order valence-electron chi connectivity index (χ2n) is 5.84. The average molecular weight is 349 g/mol. The minimum absolute atomic E-state index is 0.0896. The number of aromatic amines is 1. The van der Waals surface area contributed by atoms with E-state index in [1.165, 1.54) is 0 Å². The Morgan fingerprint density at radius 3 is 2.68 bits per heavy atom. The SMILES string of the molecule is CN(Cc1nc2ccccc2c(=O)[nH]1)C(=O)c1csc2ccccc12. The Hall–Kier alpha value is -2.99. The van der Waals surface area contributed by atoms with Crippen LogP contribution in [0.5, 0.6) is 0 Å². The molecule has 0 spiro atoms. The number of para-hydroxylation sites is 1. The summed E-state index contributed by atoms with van der Waals surface area (Å²) in [5, 5.41) is 3.37. The molecule has 0 radical (unpaired) electrons. The number of amides is 1. The Labute approximate surface area is 147 Å². The second kappa shape index (κ2) is 6.14. The Balaban J connectivity index is 1.64. The molecule has 0 aliphatic heterocycles. The van der Waals surface area contributed by atoms with Crippen LogP contribution in [0.25, 0.3) is 21.0 Å². The van der Waals surface area contributed by atoms with Gasteiger partial charge in [0.15, 0.2) is 0 Å². The van der Waals surface area contributed by atoms with Gasteiger partial charge in [-0.05, 0) is 18.2 Å². The number of fused-ring (bicyclic) bond motifs is 2. The fourth-order valence-electron chi connectivity index (χ4n) is 2.86. The van der Waals surface area contributed by atoms with Crippen molar-refractivity contribution >= 4 is 38.2 Å². The summed E-state index contributed by atoms with van der Waals surface area (Å²) < 4.78 is 1.08. The van der Waals surface area contributed by atoms with Gasteiger partial charge in [0.25, 0.3) is 11.5 Å². The molecule has 2 aromatic carbocycles. The third kappa shape index (κ3) is 2.81. The fraction of sp³-hybridized carbons (Fsp3) is 0.105. The van der Waals surface area contributed by atoms with Crippen LogP contribution in [-0.2, 0) is 6.54 Å². The van der Waals surface area contributed by atoms with Gasteiger partial charge in [-0.15, -0.1) is 11.3 Å². The Morgan fingerprint density at radius 1 is 1.12 bits per heavy atom. The summed E-state index contributed by atoms with van der Waals surface area (Å²) >= 11 is 1.55. The molecule has 1 amide bonds. The van der Waals surface area contributed by atoms with Gasteiger partial charge in [0.1, 0.15) is 5.82 Å². The largest absolute Gasteiger partial charge is 0.334 e. The number of H-pyrrole nitrogens is 1. The van der Waals surface area contributed by atoms with E-state index in [1.807, 2.05) is 35.7 Å². The predicted molar refractivity (Wildman–Crippen MR) is 100.0 cm³/mol. The highest BCUT2D eigenvalue weighted by Gasteiger charge is 2.17. The van der Waals surface area contributed by atoms with E-state index in [0.717, 1.165) is 10.1 Å². The summed E-state index contributed by atoms with van der Waals surface area (Å²) in [7, 11) is 1.71. The molecule has 25 heavy (non-hydrogen) atoms. The summed E-state index contributed by atoms with van der Waals surface area (Å²) in [4.78, 5) is 33.7. The molecule has 0 atom stereocenters. The van der Waals surface area contributed by atoms with E-state index < -0.39 is 0 Å². The number of benzene rings is 2. The monoisotopic (exact) mass is 349 g/mol. The number of carbonyl (C=O) groups is 1. The summed E-state index contributed by atoms with van der Waals surface area (Å²) in [6, 6.07) is 15.0. The lowest BCUT2D eigenvalue weighted by Gasteiger charge is -2.16. The van der Waals surface area contributed by atoms with Crippen molar-refractivity contribution in [3.8, 4) is 0 Å². The molecule has 0 aliphatic rings. The first-order valence-electron chi connectivity index (χ1n) is 7.83. The lowest BCUT2D eigenvalue weighted by atomic mass is 10.1. The molecular weight excluding hydrogens is 334 g/mol. The van der Waals surface area contributed by atoms with Crippen LogP contribution in [0.2, 0.25) is 0 Å². The van der Waals surface area contributed by atoms with E-state index in [2.05, 4.69) is 9.97 Å². The van der Waals surface area contributed by atoms with E-state index >= 15 is 0 Å². The topological polar surface area (TPSA) is 66.1 Å². The zero-order valence-corrected chi connectivity index (χ0v) is 14.3. The first-order valence-corrected chi connectivity index (χ1v) is 8.71. The minimum atomic E-state index is -0.192. The van der Waals surface area contributed by atoms with Crippen molar-refractivity contribution in [2.45, 2.75) is 6.54 Å². The smallest absolute Gasteiger partial charge is 0.258 e. The van der Waals surface area contributed by atoms with Crippen LogP contribution in [0.3, 0.4) is 0 Å². The van der Waals surface area contributed by atoms with Crippen molar-refractivity contribution in [1.82, 2.24) is 14.9 Å². The third-order valence-corrected chi connectivity index (χ3v) is 5.07. The number of nitrogens with one attached hydrogen (secondary N) is 1. The first-order chi connectivity index (χ1) is 12.1. The third-order valence-electron chi connectivity index (χ3n) is 4.11. The minimum Gasteiger partial charge on any atom is -0.334 e. The number of nitrogens with zero attached hydrogens (tertiary/aromatic N) is 2. The van der Waals surface area contributed by atoms with Crippen LogP contribution >= 0.6 is 11.3 Å². The van der Waals surface area contributed by atoms with E-state index in [9.17, 15) is 9.59 Å². The number of hydrogen-bond acceptors (Lipinski definition) is 4. The second-order valence-corrected chi connectivity index (χ2v) is 6.75. The summed E-state index contributed by atoms with van der Waals surface area (Å²) in [5.74, 6) is 0.382. The molecule has 2 aromatic heterocycles. The Kier molecular flexibility index (Phi) is 3.82. The van der Waals surface area contributed by atoms with Crippen molar-refractivity contribution in [2.24, 2.45) is 0 Å². The van der Waals surface area contributed by atoms with Crippen LogP contribution in [0.15, 0.2) is 58.7 Å². The van der Waals surface area contributed by atoms with E-state index in [-0.39, 0.29) is 18.0 Å². The molecule has 4 aromatic rings. The van der Waals surface area contributed by atoms with Crippen molar-refractivity contribution in [3.05, 3.63) is 75.7 Å². The molecule has 5 nitrogen and oxygen atoms in total. The fourth-order valence-corrected chi connectivity index (χ4v) is 3.79. The van der Waals surface area contributed by atoms with Gasteiger partial charge in [-0.1, -0.05) is 30.3 Å². The van der Waals surface area contributed by atoms with E-state index in [4.69, 9.17) is 0 Å². The normalized spacial score (nSPS) is 11.1. The average Bonchev–Trinajstić information content (AvgIpc) is 3.05. The van der Waals surface area contributed by atoms with Crippen LogP contribution in [0.4, 0.5) is 0 Å². The summed E-state index contributed by atoms with van der Waals surface area (Å²) in [6.45, 7) is 0.239. The number of thiophene rings is 1. The number of aromatic nitrogens is 2. The molecule has 124 valence electrons. The lowest BCUT2D eigenvalue weighted by Crippen LogP contribution is -2.28. The summed E-state index contributed by atoms with van der Waals surface area (Å²) in [5.41, 5.74) is 1.11. The number of rotatable bonds is 3. The van der Waals surface area contributed by atoms with Gasteiger partial charge < -0.3 is 9.88 Å². The highest BCUT2D eigenvalue weighted by molar-refractivity contribution is 7.17. The predicted octanol–water partition coefficient (Wildman–Crippen LogP) is 3.41. The molecule has 0 saturated heterocycles.